The lowest BCUT2D eigenvalue weighted by Crippen LogP contribution is -2.53. The number of thiazole rings is 1. The van der Waals surface area contributed by atoms with Crippen LogP contribution in [0.2, 0.25) is 0 Å². The highest BCUT2D eigenvalue weighted by Crippen LogP contribution is 2.28. The summed E-state index contributed by atoms with van der Waals surface area (Å²) in [6.45, 7) is 5.41. The predicted molar refractivity (Wildman–Crippen MR) is 109 cm³/mol. The number of hydrogen-bond donors (Lipinski definition) is 1. The molecule has 2 amide bonds. The summed E-state index contributed by atoms with van der Waals surface area (Å²) in [6, 6.07) is 8.89. The molecule has 1 unspecified atom stereocenters. The van der Waals surface area contributed by atoms with Gasteiger partial charge >= 0.3 is 6.09 Å². The van der Waals surface area contributed by atoms with Crippen molar-refractivity contribution in [3.05, 3.63) is 52.5 Å². The quantitative estimate of drug-likeness (QED) is 0.799. The molecule has 3 rings (SSSR count). The lowest BCUT2D eigenvalue weighted by Gasteiger charge is -2.35. The Morgan fingerprint density at radius 3 is 2.79 bits per heavy atom. The van der Waals surface area contributed by atoms with Gasteiger partial charge in [-0.15, -0.1) is 11.3 Å². The van der Waals surface area contributed by atoms with E-state index in [1.165, 1.54) is 0 Å². The number of nitrogens with zero attached hydrogens (tertiary/aromatic N) is 2. The highest BCUT2D eigenvalue weighted by atomic mass is 32.1. The van der Waals surface area contributed by atoms with Crippen LogP contribution in [0, 0.1) is 5.92 Å². The number of ether oxygens (including phenoxy) is 1. The first-order valence-corrected chi connectivity index (χ1v) is 10.6. The zero-order chi connectivity index (χ0) is 19.9. The maximum absolute atomic E-state index is 13.1. The van der Waals surface area contributed by atoms with Crippen LogP contribution in [0.25, 0.3) is 0 Å². The highest BCUT2D eigenvalue weighted by molar-refractivity contribution is 7.09. The van der Waals surface area contributed by atoms with Crippen LogP contribution in [0.3, 0.4) is 0 Å². The van der Waals surface area contributed by atoms with E-state index in [4.69, 9.17) is 4.74 Å². The number of alkyl carbamates (subject to hydrolysis) is 1. The van der Waals surface area contributed by atoms with Gasteiger partial charge in [0, 0.05) is 30.6 Å². The maximum atomic E-state index is 13.1. The van der Waals surface area contributed by atoms with Crippen molar-refractivity contribution >= 4 is 23.3 Å². The molecule has 2 atom stereocenters. The second-order valence-electron chi connectivity index (χ2n) is 7.42. The SMILES string of the molecule is CC(C)[C@H](NC(=O)OCc1ccccc1)C(=O)N1CCCC(c2nccs2)C1. The molecule has 6 nitrogen and oxygen atoms in total. The molecule has 0 saturated carbocycles. The number of likely N-dealkylation sites (tertiary alicyclic amines) is 1. The van der Waals surface area contributed by atoms with Gasteiger partial charge in [-0.25, -0.2) is 9.78 Å². The molecule has 2 heterocycles. The minimum absolute atomic E-state index is 0.0305. The van der Waals surface area contributed by atoms with E-state index in [-0.39, 0.29) is 24.3 Å². The molecule has 7 heteroatoms. The fourth-order valence-corrected chi connectivity index (χ4v) is 4.18. The molecule has 1 saturated heterocycles. The fourth-order valence-electron chi connectivity index (χ4n) is 3.42. The molecule has 1 N–H and O–H groups in total. The topological polar surface area (TPSA) is 71.5 Å². The van der Waals surface area contributed by atoms with Crippen LogP contribution < -0.4 is 5.32 Å². The van der Waals surface area contributed by atoms with Crippen molar-refractivity contribution in [2.45, 2.75) is 45.3 Å². The summed E-state index contributed by atoms with van der Waals surface area (Å²) in [5.41, 5.74) is 0.910. The van der Waals surface area contributed by atoms with Crippen molar-refractivity contribution in [1.29, 1.82) is 0 Å². The Kier molecular flexibility index (Phi) is 7.03. The minimum atomic E-state index is -0.599. The number of carbonyl (C=O) groups is 2. The highest BCUT2D eigenvalue weighted by Gasteiger charge is 2.33. The van der Waals surface area contributed by atoms with Gasteiger partial charge in [0.1, 0.15) is 12.6 Å². The van der Waals surface area contributed by atoms with Crippen LogP contribution in [-0.2, 0) is 16.1 Å². The number of hydrogen-bond acceptors (Lipinski definition) is 5. The summed E-state index contributed by atoms with van der Waals surface area (Å²) in [6.07, 6.45) is 3.22. The van der Waals surface area contributed by atoms with Crippen molar-refractivity contribution in [3.8, 4) is 0 Å². The standard InChI is InChI=1S/C21H27N3O3S/c1-15(2)18(23-21(26)27-14-16-7-4-3-5-8-16)20(25)24-11-6-9-17(13-24)19-22-10-12-28-19/h3-5,7-8,10,12,15,17-18H,6,9,11,13-14H2,1-2H3,(H,23,26)/t17?,18-/m0/s1. The van der Waals surface area contributed by atoms with Gasteiger partial charge in [0.05, 0.1) is 5.01 Å². The molecule has 1 aliphatic rings. The number of nitrogens with one attached hydrogen (secondary N) is 1. The third kappa shape index (κ3) is 5.32. The molecule has 1 aromatic carbocycles. The van der Waals surface area contributed by atoms with Crippen LogP contribution in [0.1, 0.15) is 43.2 Å². The second-order valence-corrected chi connectivity index (χ2v) is 8.35. The van der Waals surface area contributed by atoms with Crippen LogP contribution in [0.5, 0.6) is 0 Å². The van der Waals surface area contributed by atoms with Gasteiger partial charge in [-0.2, -0.15) is 0 Å². The van der Waals surface area contributed by atoms with Crippen LogP contribution in [0.4, 0.5) is 4.79 Å². The molecular formula is C21H27N3O3S. The molecule has 0 spiro atoms. The van der Waals surface area contributed by atoms with Crippen molar-refractivity contribution in [3.63, 3.8) is 0 Å². The molecule has 0 bridgehead atoms. The normalized spacial score (nSPS) is 18.0. The average Bonchev–Trinajstić information content (AvgIpc) is 3.25. The first-order valence-electron chi connectivity index (χ1n) is 9.70. The largest absolute Gasteiger partial charge is 0.445 e. The van der Waals surface area contributed by atoms with Gasteiger partial charge in [0.25, 0.3) is 0 Å². The predicted octanol–water partition coefficient (Wildman–Crippen LogP) is 3.80. The summed E-state index contributed by atoms with van der Waals surface area (Å²) in [5, 5.41) is 5.82. The van der Waals surface area contributed by atoms with E-state index in [2.05, 4.69) is 10.3 Å². The molecule has 2 aromatic rings. The number of amides is 2. The average molecular weight is 402 g/mol. The molecule has 1 aliphatic heterocycles. The zero-order valence-electron chi connectivity index (χ0n) is 16.3. The van der Waals surface area contributed by atoms with Crippen molar-refractivity contribution in [2.75, 3.05) is 13.1 Å². The number of carbonyl (C=O) groups excluding carboxylic acids is 2. The van der Waals surface area contributed by atoms with E-state index >= 15 is 0 Å². The van der Waals surface area contributed by atoms with E-state index in [9.17, 15) is 9.59 Å². The van der Waals surface area contributed by atoms with Crippen molar-refractivity contribution < 1.29 is 14.3 Å². The second kappa shape index (κ2) is 9.68. The third-order valence-electron chi connectivity index (χ3n) is 4.95. The Morgan fingerprint density at radius 2 is 2.11 bits per heavy atom. The molecule has 28 heavy (non-hydrogen) atoms. The van der Waals surface area contributed by atoms with E-state index in [1.807, 2.05) is 60.7 Å². The first-order chi connectivity index (χ1) is 13.5. The van der Waals surface area contributed by atoms with Gasteiger partial charge in [0.2, 0.25) is 5.91 Å². The molecule has 0 aliphatic carbocycles. The van der Waals surface area contributed by atoms with Gasteiger partial charge in [-0.3, -0.25) is 4.79 Å². The van der Waals surface area contributed by atoms with Crippen LogP contribution in [-0.4, -0.2) is 41.0 Å². The van der Waals surface area contributed by atoms with E-state index in [0.29, 0.717) is 13.1 Å². The summed E-state index contributed by atoms with van der Waals surface area (Å²) in [4.78, 5) is 31.6. The lowest BCUT2D eigenvalue weighted by atomic mass is 9.96. The Labute approximate surface area is 169 Å². The summed E-state index contributed by atoms with van der Waals surface area (Å²) < 4.78 is 5.30. The molecule has 1 aromatic heterocycles. The van der Waals surface area contributed by atoms with Gasteiger partial charge in [-0.05, 0) is 24.3 Å². The Balaban J connectivity index is 1.57. The smallest absolute Gasteiger partial charge is 0.408 e. The van der Waals surface area contributed by atoms with Crippen molar-refractivity contribution in [1.82, 2.24) is 15.2 Å². The number of piperidine rings is 1. The third-order valence-corrected chi connectivity index (χ3v) is 5.89. The number of rotatable bonds is 6. The molecule has 1 fully saturated rings. The first kappa shape index (κ1) is 20.3. The van der Waals surface area contributed by atoms with Gasteiger partial charge in [0.15, 0.2) is 0 Å². The Hall–Kier alpha value is -2.41. The minimum Gasteiger partial charge on any atom is -0.445 e. The lowest BCUT2D eigenvalue weighted by molar-refractivity contribution is -0.135. The Bertz CT molecular complexity index is 764. The maximum Gasteiger partial charge on any atom is 0.408 e. The van der Waals surface area contributed by atoms with Crippen LogP contribution in [0.15, 0.2) is 41.9 Å². The van der Waals surface area contributed by atoms with E-state index in [0.717, 1.165) is 23.4 Å². The summed E-state index contributed by atoms with van der Waals surface area (Å²) in [5.74, 6) is 0.195. The van der Waals surface area contributed by atoms with Crippen LogP contribution >= 0.6 is 11.3 Å². The van der Waals surface area contributed by atoms with Crippen molar-refractivity contribution in [2.24, 2.45) is 5.92 Å². The number of benzene rings is 1. The zero-order valence-corrected chi connectivity index (χ0v) is 17.2. The summed E-state index contributed by atoms with van der Waals surface area (Å²) in [7, 11) is 0. The molecule has 150 valence electrons. The summed E-state index contributed by atoms with van der Waals surface area (Å²) >= 11 is 1.63. The van der Waals surface area contributed by atoms with E-state index < -0.39 is 12.1 Å². The molecule has 0 radical (unpaired) electrons. The number of aromatic nitrogens is 1. The van der Waals surface area contributed by atoms with Gasteiger partial charge < -0.3 is 15.0 Å². The van der Waals surface area contributed by atoms with E-state index in [1.54, 1.807) is 11.3 Å². The molecular weight excluding hydrogens is 374 g/mol. The fraction of sp³-hybridized carbons (Fsp3) is 0.476. The Morgan fingerprint density at radius 1 is 1.32 bits per heavy atom. The van der Waals surface area contributed by atoms with Gasteiger partial charge in [-0.1, -0.05) is 44.2 Å². The monoisotopic (exact) mass is 401 g/mol.